The number of benzene rings is 1. The summed E-state index contributed by atoms with van der Waals surface area (Å²) in [6.07, 6.45) is 8.25. The zero-order chi connectivity index (χ0) is 18.3. The minimum absolute atomic E-state index is 0.0893. The largest absolute Gasteiger partial charge is 0.492 e. The molecule has 1 heterocycles. The first kappa shape index (κ1) is 19.2. The molecule has 0 aromatic heterocycles. The molecule has 0 saturated carbocycles. The van der Waals surface area contributed by atoms with E-state index in [0.29, 0.717) is 31.1 Å². The number of nitrogens with one attached hydrogen (secondary N) is 1. The number of allylic oxidation sites excluding steroid dienone is 3. The first-order valence-corrected chi connectivity index (χ1v) is 9.80. The number of hydrogen-bond acceptors (Lipinski definition) is 4. The zero-order valence-electron chi connectivity index (χ0n) is 14.6. The molecular formula is C18H24N2O4S. The van der Waals surface area contributed by atoms with Crippen molar-refractivity contribution in [3.05, 3.63) is 42.5 Å². The van der Waals surface area contributed by atoms with E-state index in [1.165, 1.54) is 16.4 Å². The van der Waals surface area contributed by atoms with Crippen molar-refractivity contribution in [2.45, 2.75) is 31.6 Å². The smallest absolute Gasteiger partial charge is 0.248 e. The maximum Gasteiger partial charge on any atom is 0.248 e. The molecule has 1 saturated heterocycles. The molecule has 25 heavy (non-hydrogen) atoms. The third-order valence-electron chi connectivity index (χ3n) is 3.75. The highest BCUT2D eigenvalue weighted by atomic mass is 32.2. The summed E-state index contributed by atoms with van der Waals surface area (Å²) in [5.41, 5.74) is 0.413. The molecule has 136 valence electrons. The van der Waals surface area contributed by atoms with Crippen molar-refractivity contribution in [1.29, 1.82) is 0 Å². The molecule has 1 fully saturated rings. The molecule has 2 rings (SSSR count). The number of anilines is 1. The van der Waals surface area contributed by atoms with E-state index in [9.17, 15) is 13.2 Å². The molecule has 1 aromatic rings. The number of rotatable bonds is 7. The van der Waals surface area contributed by atoms with Gasteiger partial charge in [0.1, 0.15) is 10.6 Å². The fourth-order valence-corrected chi connectivity index (χ4v) is 4.24. The second kappa shape index (κ2) is 8.82. The van der Waals surface area contributed by atoms with Gasteiger partial charge < -0.3 is 10.1 Å². The average molecular weight is 364 g/mol. The van der Waals surface area contributed by atoms with Crippen LogP contribution in [0.4, 0.5) is 5.69 Å². The van der Waals surface area contributed by atoms with Crippen LogP contribution in [0, 0.1) is 0 Å². The Kier molecular flexibility index (Phi) is 6.78. The van der Waals surface area contributed by atoms with Crippen LogP contribution in [0.25, 0.3) is 0 Å². The van der Waals surface area contributed by atoms with E-state index in [-0.39, 0.29) is 10.8 Å². The van der Waals surface area contributed by atoms with Crippen LogP contribution in [-0.4, -0.2) is 38.3 Å². The number of hydrogen-bond donors (Lipinski definition) is 1. The second-order valence-electron chi connectivity index (χ2n) is 5.58. The van der Waals surface area contributed by atoms with Gasteiger partial charge in [-0.3, -0.25) is 4.79 Å². The lowest BCUT2D eigenvalue weighted by molar-refractivity contribution is -0.111. The van der Waals surface area contributed by atoms with Gasteiger partial charge in [-0.2, -0.15) is 4.31 Å². The first-order chi connectivity index (χ1) is 12.0. The van der Waals surface area contributed by atoms with Crippen molar-refractivity contribution in [2.75, 3.05) is 25.0 Å². The lowest BCUT2D eigenvalue weighted by Crippen LogP contribution is -2.28. The molecule has 0 bridgehead atoms. The molecule has 1 aromatic carbocycles. The van der Waals surface area contributed by atoms with Crippen molar-refractivity contribution in [1.82, 2.24) is 4.31 Å². The summed E-state index contributed by atoms with van der Waals surface area (Å²) in [5, 5.41) is 2.68. The molecule has 1 N–H and O–H groups in total. The van der Waals surface area contributed by atoms with Gasteiger partial charge in [0.05, 0.1) is 6.61 Å². The Labute approximate surface area is 149 Å². The van der Waals surface area contributed by atoms with Crippen LogP contribution in [0.15, 0.2) is 47.4 Å². The Morgan fingerprint density at radius 3 is 2.64 bits per heavy atom. The normalized spacial score (nSPS) is 15.9. The standard InChI is InChI=1S/C18H24N2O4S/c1-3-5-6-9-18(21)19-15-10-11-16(24-4-2)17(14-15)25(22,23)20-12-7-8-13-20/h3,5-6,9-11,14H,4,7-8,12-13H2,1-2H3,(H,19,21)/b5-3+,9-6+. The number of nitrogens with zero attached hydrogens (tertiary/aromatic N) is 1. The van der Waals surface area contributed by atoms with Crippen LogP contribution in [0.3, 0.4) is 0 Å². The van der Waals surface area contributed by atoms with E-state index < -0.39 is 10.0 Å². The Balaban J connectivity index is 2.31. The van der Waals surface area contributed by atoms with Gasteiger partial charge in [-0.1, -0.05) is 18.2 Å². The fraction of sp³-hybridized carbons (Fsp3) is 0.389. The van der Waals surface area contributed by atoms with Gasteiger partial charge in [-0.05, 0) is 44.9 Å². The average Bonchev–Trinajstić information content (AvgIpc) is 3.12. The number of amides is 1. The summed E-state index contributed by atoms with van der Waals surface area (Å²) < 4.78 is 32.7. The topological polar surface area (TPSA) is 75.7 Å². The van der Waals surface area contributed by atoms with E-state index in [2.05, 4.69) is 5.32 Å². The molecule has 1 aliphatic heterocycles. The van der Waals surface area contributed by atoms with Crippen molar-refractivity contribution < 1.29 is 17.9 Å². The van der Waals surface area contributed by atoms with E-state index in [4.69, 9.17) is 4.74 Å². The molecular weight excluding hydrogens is 340 g/mol. The van der Waals surface area contributed by atoms with Crippen molar-refractivity contribution >= 4 is 21.6 Å². The lowest BCUT2D eigenvalue weighted by atomic mass is 10.3. The molecule has 0 unspecified atom stereocenters. The summed E-state index contributed by atoms with van der Waals surface area (Å²) >= 11 is 0. The molecule has 1 amide bonds. The number of ether oxygens (including phenoxy) is 1. The number of carbonyl (C=O) groups excluding carboxylic acids is 1. The van der Waals surface area contributed by atoms with Gasteiger partial charge in [0.2, 0.25) is 15.9 Å². The SMILES string of the molecule is C/C=C/C=C/C(=O)Nc1ccc(OCC)c(S(=O)(=O)N2CCCC2)c1. The maximum absolute atomic E-state index is 12.9. The highest BCUT2D eigenvalue weighted by Gasteiger charge is 2.30. The highest BCUT2D eigenvalue weighted by molar-refractivity contribution is 7.89. The fourth-order valence-electron chi connectivity index (χ4n) is 2.57. The number of carbonyl (C=O) groups is 1. The third-order valence-corrected chi connectivity index (χ3v) is 5.66. The molecule has 0 spiro atoms. The van der Waals surface area contributed by atoms with E-state index in [0.717, 1.165) is 12.8 Å². The van der Waals surface area contributed by atoms with Gasteiger partial charge in [0, 0.05) is 24.9 Å². The van der Waals surface area contributed by atoms with Gasteiger partial charge >= 0.3 is 0 Å². The number of sulfonamides is 1. The predicted molar refractivity (Wildman–Crippen MR) is 98.2 cm³/mol. The Bertz CT molecular complexity index is 763. The van der Waals surface area contributed by atoms with Crippen LogP contribution >= 0.6 is 0 Å². The van der Waals surface area contributed by atoms with Crippen LogP contribution in [0.5, 0.6) is 5.75 Å². The van der Waals surface area contributed by atoms with Gasteiger partial charge in [-0.25, -0.2) is 8.42 Å². The summed E-state index contributed by atoms with van der Waals surface area (Å²) in [6, 6.07) is 4.67. The first-order valence-electron chi connectivity index (χ1n) is 8.36. The van der Waals surface area contributed by atoms with Gasteiger partial charge in [0.25, 0.3) is 0 Å². The third kappa shape index (κ3) is 4.93. The van der Waals surface area contributed by atoms with Gasteiger partial charge in [0.15, 0.2) is 0 Å². The molecule has 7 heteroatoms. The Morgan fingerprint density at radius 2 is 2.00 bits per heavy atom. The molecule has 0 aliphatic carbocycles. The summed E-state index contributed by atoms with van der Waals surface area (Å²) in [6.45, 7) is 5.03. The molecule has 6 nitrogen and oxygen atoms in total. The van der Waals surface area contributed by atoms with Gasteiger partial charge in [-0.15, -0.1) is 0 Å². The molecule has 1 aliphatic rings. The molecule has 0 radical (unpaired) electrons. The van der Waals surface area contributed by atoms with Crippen molar-refractivity contribution in [3.63, 3.8) is 0 Å². The minimum atomic E-state index is -3.64. The van der Waals surface area contributed by atoms with Crippen LogP contribution in [0.2, 0.25) is 0 Å². The monoisotopic (exact) mass is 364 g/mol. The summed E-state index contributed by atoms with van der Waals surface area (Å²) in [5.74, 6) is -0.0244. The van der Waals surface area contributed by atoms with Crippen LogP contribution in [-0.2, 0) is 14.8 Å². The Hall–Kier alpha value is -2.12. The summed E-state index contributed by atoms with van der Waals surface area (Å²) in [4.78, 5) is 12.0. The Morgan fingerprint density at radius 1 is 1.28 bits per heavy atom. The second-order valence-corrected chi connectivity index (χ2v) is 7.49. The maximum atomic E-state index is 12.9. The highest BCUT2D eigenvalue weighted by Crippen LogP contribution is 2.31. The van der Waals surface area contributed by atoms with Crippen molar-refractivity contribution in [3.8, 4) is 5.75 Å². The summed E-state index contributed by atoms with van der Waals surface area (Å²) in [7, 11) is -3.64. The zero-order valence-corrected chi connectivity index (χ0v) is 15.4. The van der Waals surface area contributed by atoms with E-state index >= 15 is 0 Å². The molecule has 0 atom stereocenters. The van der Waals surface area contributed by atoms with Crippen molar-refractivity contribution in [2.24, 2.45) is 0 Å². The lowest BCUT2D eigenvalue weighted by Gasteiger charge is -2.19. The van der Waals surface area contributed by atoms with Crippen LogP contribution in [0.1, 0.15) is 26.7 Å². The van der Waals surface area contributed by atoms with E-state index in [1.807, 2.05) is 6.92 Å². The quantitative estimate of drug-likeness (QED) is 0.596. The predicted octanol–water partition coefficient (Wildman–Crippen LogP) is 2.94. The minimum Gasteiger partial charge on any atom is -0.492 e. The van der Waals surface area contributed by atoms with Crippen LogP contribution < -0.4 is 10.1 Å². The van der Waals surface area contributed by atoms with E-state index in [1.54, 1.807) is 37.3 Å².